The van der Waals surface area contributed by atoms with Gasteiger partial charge in [0.15, 0.2) is 5.76 Å². The van der Waals surface area contributed by atoms with E-state index in [1.807, 2.05) is 36.7 Å². The van der Waals surface area contributed by atoms with Crippen LogP contribution in [0.15, 0.2) is 83.4 Å². The van der Waals surface area contributed by atoms with Gasteiger partial charge in [0.25, 0.3) is 11.8 Å². The molecule has 7 nitrogen and oxygen atoms in total. The highest BCUT2D eigenvalue weighted by molar-refractivity contribution is 6.06. The van der Waals surface area contributed by atoms with Crippen molar-refractivity contribution in [3.8, 4) is 0 Å². The van der Waals surface area contributed by atoms with E-state index in [0.717, 1.165) is 39.5 Å². The predicted octanol–water partition coefficient (Wildman–Crippen LogP) is 5.17. The first-order valence-electron chi connectivity index (χ1n) is 12.0. The van der Waals surface area contributed by atoms with Gasteiger partial charge in [-0.15, -0.1) is 0 Å². The van der Waals surface area contributed by atoms with Gasteiger partial charge in [-0.05, 0) is 62.2 Å². The summed E-state index contributed by atoms with van der Waals surface area (Å²) in [5, 5.41) is 7.87. The molecule has 0 unspecified atom stereocenters. The fourth-order valence-electron chi connectivity index (χ4n) is 4.46. The smallest absolute Gasteiger partial charge is 0.291 e. The minimum absolute atomic E-state index is 0.138. The number of aryl methyl sites for hydroxylation is 2. The average Bonchev–Trinajstić information content (AvgIpc) is 3.63. The lowest BCUT2D eigenvalue weighted by molar-refractivity contribution is -0.117. The number of rotatable bonds is 8. The maximum Gasteiger partial charge on any atom is 0.291 e. The normalized spacial score (nSPS) is 11.8. The van der Waals surface area contributed by atoms with Crippen molar-refractivity contribution in [1.82, 2.24) is 20.2 Å². The number of H-pyrrole nitrogens is 1. The van der Waals surface area contributed by atoms with Crippen molar-refractivity contribution >= 4 is 39.7 Å². The van der Waals surface area contributed by atoms with Gasteiger partial charge in [0, 0.05) is 52.9 Å². The number of hydrogen-bond donors (Lipinski definition) is 3. The molecule has 7 heteroatoms. The lowest BCUT2D eigenvalue weighted by Crippen LogP contribution is -2.35. The quantitative estimate of drug-likeness (QED) is 0.268. The van der Waals surface area contributed by atoms with Crippen molar-refractivity contribution < 1.29 is 14.0 Å². The molecule has 0 aliphatic rings. The van der Waals surface area contributed by atoms with E-state index < -0.39 is 5.91 Å². The SMILES string of the molecule is CCn1cc(C=C(NC(=O)c2ccco2)C(=O)NCCc2c[nH]c3ccc(C)cc23)c2ccccc21. The number of fused-ring (bicyclic) bond motifs is 2. The van der Waals surface area contributed by atoms with Crippen molar-refractivity contribution in [2.24, 2.45) is 0 Å². The molecule has 3 N–H and O–H groups in total. The summed E-state index contributed by atoms with van der Waals surface area (Å²) in [7, 11) is 0. The fraction of sp³-hybridized carbons (Fsp3) is 0.172. The highest BCUT2D eigenvalue weighted by atomic mass is 16.3. The summed E-state index contributed by atoms with van der Waals surface area (Å²) >= 11 is 0. The summed E-state index contributed by atoms with van der Waals surface area (Å²) in [4.78, 5) is 29.3. The van der Waals surface area contributed by atoms with Gasteiger partial charge in [-0.3, -0.25) is 9.59 Å². The number of para-hydroxylation sites is 1. The summed E-state index contributed by atoms with van der Waals surface area (Å²) in [6, 6.07) is 17.5. The second kappa shape index (κ2) is 10.00. The molecule has 3 aromatic heterocycles. The third kappa shape index (κ3) is 4.68. The first-order chi connectivity index (χ1) is 17.5. The van der Waals surface area contributed by atoms with Gasteiger partial charge in [0.2, 0.25) is 0 Å². The Morgan fingerprint density at radius 1 is 1.08 bits per heavy atom. The lowest BCUT2D eigenvalue weighted by atomic mass is 10.1. The number of nitrogens with zero attached hydrogens (tertiary/aromatic N) is 1. The monoisotopic (exact) mass is 480 g/mol. The van der Waals surface area contributed by atoms with E-state index >= 15 is 0 Å². The van der Waals surface area contributed by atoms with E-state index in [2.05, 4.69) is 52.2 Å². The Morgan fingerprint density at radius 3 is 2.75 bits per heavy atom. The Hall–Kier alpha value is -4.52. The zero-order chi connectivity index (χ0) is 25.1. The first kappa shape index (κ1) is 23.2. The summed E-state index contributed by atoms with van der Waals surface area (Å²) in [5.74, 6) is -0.703. The average molecular weight is 481 g/mol. The van der Waals surface area contributed by atoms with E-state index in [9.17, 15) is 9.59 Å². The molecule has 0 radical (unpaired) electrons. The van der Waals surface area contributed by atoms with Gasteiger partial charge in [-0.1, -0.05) is 29.8 Å². The van der Waals surface area contributed by atoms with E-state index in [1.165, 1.54) is 11.8 Å². The highest BCUT2D eigenvalue weighted by Gasteiger charge is 2.18. The van der Waals surface area contributed by atoms with E-state index in [1.54, 1.807) is 18.2 Å². The van der Waals surface area contributed by atoms with Crippen LogP contribution in [0.4, 0.5) is 0 Å². The molecule has 2 amide bonds. The van der Waals surface area contributed by atoms with Gasteiger partial charge in [0.1, 0.15) is 5.70 Å². The van der Waals surface area contributed by atoms with Crippen LogP contribution in [-0.2, 0) is 17.8 Å². The number of carbonyl (C=O) groups is 2. The van der Waals surface area contributed by atoms with Crippen molar-refractivity contribution in [3.63, 3.8) is 0 Å². The van der Waals surface area contributed by atoms with Crippen LogP contribution >= 0.6 is 0 Å². The summed E-state index contributed by atoms with van der Waals surface area (Å²) in [5.41, 5.74) is 5.46. The third-order valence-electron chi connectivity index (χ3n) is 6.30. The second-order valence-corrected chi connectivity index (χ2v) is 8.75. The maximum atomic E-state index is 13.3. The van der Waals surface area contributed by atoms with Gasteiger partial charge in [-0.2, -0.15) is 0 Å². The molecular formula is C29H28N4O3. The summed E-state index contributed by atoms with van der Waals surface area (Å²) < 4.78 is 7.34. The Labute approximate surface area is 208 Å². The molecule has 2 aromatic carbocycles. The molecular weight excluding hydrogens is 452 g/mol. The Morgan fingerprint density at radius 2 is 1.94 bits per heavy atom. The molecule has 0 spiro atoms. The van der Waals surface area contributed by atoms with Crippen LogP contribution in [0.1, 0.15) is 34.2 Å². The van der Waals surface area contributed by atoms with Crippen molar-refractivity contribution in [1.29, 1.82) is 0 Å². The zero-order valence-corrected chi connectivity index (χ0v) is 20.3. The number of furan rings is 1. The molecule has 0 aliphatic carbocycles. The number of amides is 2. The molecule has 5 rings (SSSR count). The van der Waals surface area contributed by atoms with Crippen molar-refractivity contribution in [3.05, 3.63) is 101 Å². The second-order valence-electron chi connectivity index (χ2n) is 8.75. The van der Waals surface area contributed by atoms with Gasteiger partial charge >= 0.3 is 0 Å². The van der Waals surface area contributed by atoms with E-state index in [4.69, 9.17) is 4.42 Å². The van der Waals surface area contributed by atoms with Crippen LogP contribution in [0.2, 0.25) is 0 Å². The molecule has 0 fully saturated rings. The topological polar surface area (TPSA) is 92.1 Å². The number of nitrogens with one attached hydrogen (secondary N) is 3. The third-order valence-corrected chi connectivity index (χ3v) is 6.30. The van der Waals surface area contributed by atoms with Crippen LogP contribution in [0.5, 0.6) is 0 Å². The molecule has 0 saturated carbocycles. The van der Waals surface area contributed by atoms with E-state index in [-0.39, 0.29) is 17.4 Å². The summed E-state index contributed by atoms with van der Waals surface area (Å²) in [6.07, 6.45) is 7.77. The molecule has 0 atom stereocenters. The molecule has 0 aliphatic heterocycles. The minimum Gasteiger partial charge on any atom is -0.459 e. The molecule has 36 heavy (non-hydrogen) atoms. The van der Waals surface area contributed by atoms with Crippen LogP contribution in [0.3, 0.4) is 0 Å². The van der Waals surface area contributed by atoms with Crippen LogP contribution < -0.4 is 10.6 Å². The molecule has 0 saturated heterocycles. The van der Waals surface area contributed by atoms with E-state index in [0.29, 0.717) is 13.0 Å². The molecule has 3 heterocycles. The fourth-order valence-corrected chi connectivity index (χ4v) is 4.46. The molecule has 182 valence electrons. The Kier molecular flexibility index (Phi) is 6.45. The predicted molar refractivity (Wildman–Crippen MR) is 142 cm³/mol. The maximum absolute atomic E-state index is 13.3. The Balaban J connectivity index is 1.39. The van der Waals surface area contributed by atoms with Crippen LogP contribution in [0, 0.1) is 6.92 Å². The van der Waals surface area contributed by atoms with Gasteiger partial charge in [-0.25, -0.2) is 0 Å². The zero-order valence-electron chi connectivity index (χ0n) is 20.3. The summed E-state index contributed by atoms with van der Waals surface area (Å²) in [6.45, 7) is 5.34. The number of aromatic nitrogens is 2. The first-order valence-corrected chi connectivity index (χ1v) is 12.0. The number of benzene rings is 2. The van der Waals surface area contributed by atoms with Crippen molar-refractivity contribution in [2.45, 2.75) is 26.8 Å². The number of aromatic amines is 1. The van der Waals surface area contributed by atoms with Gasteiger partial charge < -0.3 is 24.6 Å². The molecule has 0 bridgehead atoms. The Bertz CT molecular complexity index is 1570. The minimum atomic E-state index is -0.479. The number of hydrogen-bond acceptors (Lipinski definition) is 3. The van der Waals surface area contributed by atoms with Crippen LogP contribution in [0.25, 0.3) is 27.9 Å². The lowest BCUT2D eigenvalue weighted by Gasteiger charge is -2.10. The highest BCUT2D eigenvalue weighted by Crippen LogP contribution is 2.24. The standard InChI is InChI=1S/C29H28N4O3/c1-3-33-18-21(22-7-4-5-8-26(22)33)16-25(32-29(35)27-9-6-14-36-27)28(34)30-13-12-20-17-31-24-11-10-19(2)15-23(20)24/h4-11,14-18,31H,3,12-13H2,1-2H3,(H,30,34)(H,32,35). The van der Waals surface area contributed by atoms with Crippen LogP contribution in [-0.4, -0.2) is 27.9 Å². The largest absolute Gasteiger partial charge is 0.459 e. The van der Waals surface area contributed by atoms with Crippen molar-refractivity contribution in [2.75, 3.05) is 6.54 Å². The molecule has 5 aromatic rings. The number of carbonyl (C=O) groups excluding carboxylic acids is 2. The van der Waals surface area contributed by atoms with Gasteiger partial charge in [0.05, 0.1) is 6.26 Å².